The number of benzene rings is 1. The molecule has 0 aliphatic heterocycles. The van der Waals surface area contributed by atoms with Crippen molar-refractivity contribution in [1.82, 2.24) is 0 Å². The fourth-order valence-corrected chi connectivity index (χ4v) is 1.12. The monoisotopic (exact) mass is 215 g/mol. The van der Waals surface area contributed by atoms with Crippen LogP contribution in [0.15, 0.2) is 12.1 Å². The van der Waals surface area contributed by atoms with Crippen LogP contribution in [0.3, 0.4) is 0 Å². The molecule has 0 amide bonds. The van der Waals surface area contributed by atoms with Crippen LogP contribution >= 0.6 is 0 Å². The molecule has 0 aromatic heterocycles. The van der Waals surface area contributed by atoms with Crippen molar-refractivity contribution in [1.29, 1.82) is 0 Å². The van der Waals surface area contributed by atoms with Gasteiger partial charge in [0, 0.05) is 12.1 Å². The highest BCUT2D eigenvalue weighted by molar-refractivity contribution is 5.63. The van der Waals surface area contributed by atoms with Gasteiger partial charge in [-0.05, 0) is 6.92 Å². The molecule has 0 saturated heterocycles. The molecule has 0 aliphatic rings. The number of anilines is 1. The maximum atomic E-state index is 12.0. The summed E-state index contributed by atoms with van der Waals surface area (Å²) in [7, 11) is 0. The molecule has 1 N–H and O–H groups in total. The van der Waals surface area contributed by atoms with Crippen LogP contribution in [0.25, 0.3) is 0 Å². The Labute approximate surface area is 82.8 Å². The average Bonchev–Trinajstić information content (AvgIpc) is 2.17. The van der Waals surface area contributed by atoms with Gasteiger partial charge in [-0.2, -0.15) is 0 Å². The molecule has 1 aromatic carbocycles. The van der Waals surface area contributed by atoms with Crippen LogP contribution in [0.2, 0.25) is 0 Å². The summed E-state index contributed by atoms with van der Waals surface area (Å²) >= 11 is 0. The number of nitrogens with one attached hydrogen (secondary N) is 1. The summed E-state index contributed by atoms with van der Waals surface area (Å²) < 4.78 is 12.0. The number of hydrogen-bond acceptors (Lipinski definition) is 5. The number of nitro benzene ring substituents is 2. The largest absolute Gasteiger partial charge is 0.281 e. The van der Waals surface area contributed by atoms with Crippen molar-refractivity contribution >= 4 is 17.1 Å². The fraction of sp³-hybridized carbons (Fsp3) is 0.143. The van der Waals surface area contributed by atoms with Crippen molar-refractivity contribution in [2.75, 3.05) is 5.54 Å². The fourth-order valence-electron chi connectivity index (χ4n) is 1.12. The smallest absolute Gasteiger partial charge is 0.258 e. The van der Waals surface area contributed by atoms with Gasteiger partial charge >= 0.3 is 0 Å². The van der Waals surface area contributed by atoms with Crippen LogP contribution in [0.5, 0.6) is 0 Å². The number of nitrogens with zero attached hydrogens (tertiary/aromatic N) is 2. The second-order valence-electron chi connectivity index (χ2n) is 2.75. The summed E-state index contributed by atoms with van der Waals surface area (Å²) in [4.78, 5) is 19.4. The highest BCUT2D eigenvalue weighted by Gasteiger charge is 2.22. The Hall–Kier alpha value is -2.25. The first-order valence-electron chi connectivity index (χ1n) is 3.77. The zero-order valence-electron chi connectivity index (χ0n) is 7.56. The van der Waals surface area contributed by atoms with Crippen molar-refractivity contribution in [3.63, 3.8) is 0 Å². The molecule has 15 heavy (non-hydrogen) atoms. The Morgan fingerprint density at radius 2 is 1.60 bits per heavy atom. The van der Waals surface area contributed by atoms with E-state index in [1.54, 1.807) is 0 Å². The summed E-state index contributed by atoms with van der Waals surface area (Å²) in [5, 5.41) is 21.0. The van der Waals surface area contributed by atoms with E-state index in [0.717, 1.165) is 17.7 Å². The van der Waals surface area contributed by atoms with Gasteiger partial charge in [-0.3, -0.25) is 20.2 Å². The Morgan fingerprint density at radius 1 is 1.20 bits per heavy atom. The molecule has 80 valence electrons. The topological polar surface area (TPSA) is 98.3 Å². The molecule has 0 heterocycles. The molecule has 7 nitrogen and oxygen atoms in total. The third-order valence-corrected chi connectivity index (χ3v) is 1.86. The molecule has 1 aromatic rings. The van der Waals surface area contributed by atoms with Crippen molar-refractivity contribution in [3.8, 4) is 0 Å². The van der Waals surface area contributed by atoms with Crippen molar-refractivity contribution in [3.05, 3.63) is 37.9 Å². The highest BCUT2D eigenvalue weighted by atomic mass is 19.2. The van der Waals surface area contributed by atoms with Gasteiger partial charge in [-0.25, -0.2) is 5.54 Å². The van der Waals surface area contributed by atoms with Gasteiger partial charge in [-0.15, -0.1) is 4.48 Å². The van der Waals surface area contributed by atoms with Crippen LogP contribution < -0.4 is 5.54 Å². The lowest BCUT2D eigenvalue weighted by molar-refractivity contribution is -0.395. The van der Waals surface area contributed by atoms with Crippen LogP contribution in [-0.4, -0.2) is 9.85 Å². The van der Waals surface area contributed by atoms with E-state index in [1.807, 2.05) is 0 Å². The first-order chi connectivity index (χ1) is 6.97. The summed E-state index contributed by atoms with van der Waals surface area (Å²) in [5.41, 5.74) is -0.284. The van der Waals surface area contributed by atoms with Crippen molar-refractivity contribution in [2.24, 2.45) is 0 Å². The molecule has 0 unspecified atom stereocenters. The number of nitro groups is 2. The van der Waals surface area contributed by atoms with Gasteiger partial charge in [-0.1, -0.05) is 0 Å². The van der Waals surface area contributed by atoms with E-state index in [9.17, 15) is 24.7 Å². The maximum absolute atomic E-state index is 12.0. The quantitative estimate of drug-likeness (QED) is 0.473. The van der Waals surface area contributed by atoms with Gasteiger partial charge in [0.05, 0.1) is 15.5 Å². The van der Waals surface area contributed by atoms with Crippen LogP contribution in [0, 0.1) is 27.2 Å². The minimum atomic E-state index is -0.802. The zero-order valence-corrected chi connectivity index (χ0v) is 7.56. The molecular formula is C7H6FN3O4. The van der Waals surface area contributed by atoms with Crippen LogP contribution in [0.1, 0.15) is 5.56 Å². The van der Waals surface area contributed by atoms with E-state index in [0.29, 0.717) is 0 Å². The predicted molar refractivity (Wildman–Crippen MR) is 49.2 cm³/mol. The van der Waals surface area contributed by atoms with E-state index in [2.05, 4.69) is 0 Å². The maximum Gasteiger partial charge on any atom is 0.281 e. The SMILES string of the molecule is Cc1c([N+](=O)[O-])cc(NF)cc1[N+](=O)[O-]. The lowest BCUT2D eigenvalue weighted by atomic mass is 10.1. The minimum Gasteiger partial charge on any atom is -0.258 e. The van der Waals surface area contributed by atoms with E-state index >= 15 is 0 Å². The number of hydrogen-bond donors (Lipinski definition) is 1. The van der Waals surface area contributed by atoms with Crippen LogP contribution in [-0.2, 0) is 0 Å². The van der Waals surface area contributed by atoms with Crippen molar-refractivity contribution < 1.29 is 14.3 Å². The lowest BCUT2D eigenvalue weighted by Crippen LogP contribution is -1.99. The first kappa shape index (κ1) is 10.8. The lowest BCUT2D eigenvalue weighted by Gasteiger charge is -2.01. The molecule has 0 fully saturated rings. The van der Waals surface area contributed by atoms with Gasteiger partial charge in [0.2, 0.25) is 0 Å². The molecule has 0 bridgehead atoms. The summed E-state index contributed by atoms with van der Waals surface area (Å²) in [5.74, 6) is 0. The molecule has 8 heteroatoms. The average molecular weight is 215 g/mol. The van der Waals surface area contributed by atoms with E-state index in [1.165, 1.54) is 6.92 Å². The molecule has 0 spiro atoms. The Bertz CT molecular complexity index is 399. The van der Waals surface area contributed by atoms with E-state index < -0.39 is 21.2 Å². The van der Waals surface area contributed by atoms with Gasteiger partial charge in [0.25, 0.3) is 11.4 Å². The van der Waals surface area contributed by atoms with Gasteiger partial charge < -0.3 is 0 Å². The van der Waals surface area contributed by atoms with Crippen LogP contribution in [0.4, 0.5) is 21.5 Å². The normalized spacial score (nSPS) is 9.73. The Kier molecular flexibility index (Phi) is 2.79. The number of halogens is 1. The first-order valence-corrected chi connectivity index (χ1v) is 3.77. The molecule has 0 radical (unpaired) electrons. The molecule has 0 saturated carbocycles. The zero-order chi connectivity index (χ0) is 11.6. The second-order valence-corrected chi connectivity index (χ2v) is 2.75. The van der Waals surface area contributed by atoms with Gasteiger partial charge in [0.15, 0.2) is 0 Å². The molecular weight excluding hydrogens is 209 g/mol. The third kappa shape index (κ3) is 1.98. The highest BCUT2D eigenvalue weighted by Crippen LogP contribution is 2.31. The van der Waals surface area contributed by atoms with E-state index in [-0.39, 0.29) is 11.3 Å². The summed E-state index contributed by atoms with van der Waals surface area (Å²) in [6, 6.07) is 1.78. The summed E-state index contributed by atoms with van der Waals surface area (Å²) in [6.45, 7) is 1.23. The Morgan fingerprint density at radius 3 is 1.87 bits per heavy atom. The molecule has 0 aliphatic carbocycles. The standard InChI is InChI=1S/C7H6FN3O4/c1-4-6(10(12)13)2-5(9-8)3-7(4)11(14)15/h2-3,9H,1H3. The Balaban J connectivity index is 3.47. The van der Waals surface area contributed by atoms with E-state index in [4.69, 9.17) is 0 Å². The predicted octanol–water partition coefficient (Wildman–Crippen LogP) is 2.11. The number of rotatable bonds is 3. The van der Waals surface area contributed by atoms with Crippen molar-refractivity contribution in [2.45, 2.75) is 6.92 Å². The third-order valence-electron chi connectivity index (χ3n) is 1.86. The molecule has 1 rings (SSSR count). The summed E-state index contributed by atoms with van der Waals surface area (Å²) in [6.07, 6.45) is 0. The van der Waals surface area contributed by atoms with Gasteiger partial charge in [0.1, 0.15) is 5.56 Å². The second kappa shape index (κ2) is 3.86. The minimum absolute atomic E-state index is 0.107. The molecule has 0 atom stereocenters.